The zero-order valence-corrected chi connectivity index (χ0v) is 18.3. The van der Waals surface area contributed by atoms with Gasteiger partial charge in [0.1, 0.15) is 12.4 Å². The first-order valence-corrected chi connectivity index (χ1v) is 10.9. The van der Waals surface area contributed by atoms with Crippen molar-refractivity contribution in [1.29, 1.82) is 0 Å². The Morgan fingerprint density at radius 3 is 2.52 bits per heavy atom. The molecule has 0 aliphatic carbocycles. The van der Waals surface area contributed by atoms with Gasteiger partial charge < -0.3 is 9.64 Å². The van der Waals surface area contributed by atoms with Crippen LogP contribution in [0.25, 0.3) is 5.57 Å². The molecule has 0 spiro atoms. The fourth-order valence-corrected chi connectivity index (χ4v) is 4.68. The average Bonchev–Trinajstić information content (AvgIpc) is 2.72. The molecule has 0 atom stereocenters. The van der Waals surface area contributed by atoms with Gasteiger partial charge >= 0.3 is 0 Å². The Labute approximate surface area is 182 Å². The van der Waals surface area contributed by atoms with Gasteiger partial charge in [-0.2, -0.15) is 0 Å². The van der Waals surface area contributed by atoms with E-state index in [9.17, 15) is 0 Å². The summed E-state index contributed by atoms with van der Waals surface area (Å²) in [5.74, 6) is 0.863. The van der Waals surface area contributed by atoms with E-state index in [0.29, 0.717) is 6.61 Å². The number of benzene rings is 3. The van der Waals surface area contributed by atoms with E-state index in [1.54, 1.807) is 0 Å². The van der Waals surface area contributed by atoms with Crippen LogP contribution in [0.4, 0.5) is 0 Å². The van der Waals surface area contributed by atoms with Crippen LogP contribution in [0, 0.1) is 0 Å². The second-order valence-corrected chi connectivity index (χ2v) is 8.84. The largest absolute Gasteiger partial charge is 0.489 e. The number of ether oxygens (including phenoxy) is 1. The van der Waals surface area contributed by atoms with Gasteiger partial charge in [0.15, 0.2) is 0 Å². The van der Waals surface area contributed by atoms with Crippen molar-refractivity contribution < 1.29 is 4.74 Å². The van der Waals surface area contributed by atoms with E-state index in [4.69, 9.17) is 16.3 Å². The van der Waals surface area contributed by atoms with E-state index < -0.39 is 0 Å². The van der Waals surface area contributed by atoms with Gasteiger partial charge in [0.2, 0.25) is 0 Å². The molecule has 1 aliphatic heterocycles. The van der Waals surface area contributed by atoms with Gasteiger partial charge in [-0.15, -0.1) is 0 Å². The SMILES string of the molecule is CN(C)CC/C=C1\c2ccccc2Sc2ccc(OCc3ccccc3Cl)cc21. The predicted molar refractivity (Wildman–Crippen MR) is 123 cm³/mol. The molecule has 0 N–H and O–H groups in total. The molecule has 4 rings (SSSR count). The zero-order chi connectivity index (χ0) is 20.2. The third-order valence-electron chi connectivity index (χ3n) is 4.92. The Morgan fingerprint density at radius 2 is 1.69 bits per heavy atom. The summed E-state index contributed by atoms with van der Waals surface area (Å²) >= 11 is 8.10. The van der Waals surface area contributed by atoms with Gasteiger partial charge in [-0.1, -0.05) is 65.8 Å². The summed E-state index contributed by atoms with van der Waals surface area (Å²) in [7, 11) is 4.22. The van der Waals surface area contributed by atoms with Gasteiger partial charge in [0.25, 0.3) is 0 Å². The zero-order valence-electron chi connectivity index (χ0n) is 16.7. The molecule has 0 saturated carbocycles. The van der Waals surface area contributed by atoms with Crippen LogP contribution < -0.4 is 4.74 Å². The van der Waals surface area contributed by atoms with Crippen LogP contribution in [0.2, 0.25) is 5.02 Å². The second kappa shape index (κ2) is 9.08. The van der Waals surface area contributed by atoms with Crippen LogP contribution >= 0.6 is 23.4 Å². The lowest BCUT2D eigenvalue weighted by Crippen LogP contribution is -2.12. The van der Waals surface area contributed by atoms with Crippen molar-refractivity contribution in [2.75, 3.05) is 20.6 Å². The van der Waals surface area contributed by atoms with E-state index in [0.717, 1.165) is 29.3 Å². The summed E-state index contributed by atoms with van der Waals surface area (Å²) in [6.45, 7) is 1.48. The highest BCUT2D eigenvalue weighted by molar-refractivity contribution is 7.99. The molecule has 2 nitrogen and oxygen atoms in total. The topological polar surface area (TPSA) is 12.5 Å². The van der Waals surface area contributed by atoms with Crippen LogP contribution in [-0.2, 0) is 6.61 Å². The lowest BCUT2D eigenvalue weighted by molar-refractivity contribution is 0.306. The van der Waals surface area contributed by atoms with Gasteiger partial charge in [-0.3, -0.25) is 0 Å². The summed E-state index contributed by atoms with van der Waals surface area (Å²) in [6.07, 6.45) is 3.36. The first kappa shape index (κ1) is 20.1. The Balaban J connectivity index is 1.64. The Morgan fingerprint density at radius 1 is 0.931 bits per heavy atom. The van der Waals surface area contributed by atoms with Crippen LogP contribution in [0.15, 0.2) is 82.6 Å². The highest BCUT2D eigenvalue weighted by atomic mass is 35.5. The fourth-order valence-electron chi connectivity index (χ4n) is 3.40. The summed E-state index contributed by atoms with van der Waals surface area (Å²) in [5, 5.41) is 0.735. The average molecular weight is 422 g/mol. The van der Waals surface area contributed by atoms with Crippen molar-refractivity contribution in [2.24, 2.45) is 0 Å². The normalized spacial score (nSPS) is 14.0. The molecule has 0 amide bonds. The first-order chi connectivity index (χ1) is 14.1. The predicted octanol–water partition coefficient (Wildman–Crippen LogP) is 6.77. The van der Waals surface area contributed by atoms with E-state index >= 15 is 0 Å². The Hall–Kier alpha value is -2.20. The summed E-state index contributed by atoms with van der Waals surface area (Å²) in [5.41, 5.74) is 4.82. The number of rotatable bonds is 6. The molecule has 0 aromatic heterocycles. The van der Waals surface area contributed by atoms with Crippen molar-refractivity contribution in [3.63, 3.8) is 0 Å². The number of fused-ring (bicyclic) bond motifs is 2. The van der Waals surface area contributed by atoms with Crippen LogP contribution in [0.1, 0.15) is 23.1 Å². The Kier molecular flexibility index (Phi) is 6.29. The number of nitrogens with zero attached hydrogens (tertiary/aromatic N) is 1. The minimum absolute atomic E-state index is 0.460. The van der Waals surface area contributed by atoms with Gasteiger partial charge in [-0.05, 0) is 67.5 Å². The molecule has 1 aliphatic rings. The molecule has 29 heavy (non-hydrogen) atoms. The minimum atomic E-state index is 0.460. The van der Waals surface area contributed by atoms with Gasteiger partial charge in [0.05, 0.1) is 0 Å². The lowest BCUT2D eigenvalue weighted by Gasteiger charge is -2.23. The van der Waals surface area contributed by atoms with Gasteiger partial charge in [0, 0.05) is 26.9 Å². The highest BCUT2D eigenvalue weighted by Crippen LogP contribution is 2.46. The third kappa shape index (κ3) is 4.69. The van der Waals surface area contributed by atoms with E-state index in [1.807, 2.05) is 42.1 Å². The monoisotopic (exact) mass is 421 g/mol. The molecule has 4 heteroatoms. The first-order valence-electron chi connectivity index (χ1n) is 9.74. The summed E-state index contributed by atoms with van der Waals surface area (Å²) < 4.78 is 6.09. The molecular weight excluding hydrogens is 398 g/mol. The standard InChI is InChI=1S/C25H24ClNOS/c1-27(2)15-7-10-20-21-9-4-6-12-24(21)29-25-14-13-19(16-22(20)25)28-17-18-8-3-5-11-23(18)26/h3-6,8-14,16H,7,15,17H2,1-2H3/b20-10+. The molecule has 148 valence electrons. The maximum atomic E-state index is 6.27. The smallest absolute Gasteiger partial charge is 0.120 e. The molecule has 0 saturated heterocycles. The van der Waals surface area contributed by atoms with Crippen LogP contribution in [0.5, 0.6) is 5.75 Å². The lowest BCUT2D eigenvalue weighted by atomic mass is 9.96. The summed E-state index contributed by atoms with van der Waals surface area (Å²) in [6, 6.07) is 22.8. The highest BCUT2D eigenvalue weighted by Gasteiger charge is 2.21. The van der Waals surface area contributed by atoms with Crippen LogP contribution in [0.3, 0.4) is 0 Å². The molecule has 1 heterocycles. The van der Waals surface area contributed by atoms with Crippen molar-refractivity contribution in [1.82, 2.24) is 4.90 Å². The van der Waals surface area contributed by atoms with E-state index in [-0.39, 0.29) is 0 Å². The fraction of sp³-hybridized carbons (Fsp3) is 0.200. The molecule has 0 bridgehead atoms. The maximum absolute atomic E-state index is 6.27. The second-order valence-electron chi connectivity index (χ2n) is 7.35. The molecule has 0 unspecified atom stereocenters. The minimum Gasteiger partial charge on any atom is -0.489 e. The van der Waals surface area contributed by atoms with Crippen molar-refractivity contribution in [2.45, 2.75) is 22.8 Å². The summed E-state index contributed by atoms with van der Waals surface area (Å²) in [4.78, 5) is 4.79. The van der Waals surface area contributed by atoms with E-state index in [1.165, 1.54) is 26.5 Å². The third-order valence-corrected chi connectivity index (χ3v) is 6.44. The van der Waals surface area contributed by atoms with Crippen molar-refractivity contribution in [3.8, 4) is 5.75 Å². The molecule has 3 aromatic rings. The quantitative estimate of drug-likeness (QED) is 0.341. The molecule has 3 aromatic carbocycles. The molecule has 0 radical (unpaired) electrons. The molecule has 0 fully saturated rings. The maximum Gasteiger partial charge on any atom is 0.120 e. The molecular formula is C25H24ClNOS. The number of halogens is 1. The van der Waals surface area contributed by atoms with Crippen LogP contribution in [-0.4, -0.2) is 25.5 Å². The Bertz CT molecular complexity index is 1040. The number of hydrogen-bond acceptors (Lipinski definition) is 3. The van der Waals surface area contributed by atoms with E-state index in [2.05, 4.69) is 61.5 Å². The van der Waals surface area contributed by atoms with Crippen molar-refractivity contribution in [3.05, 3.63) is 94.5 Å². The van der Waals surface area contributed by atoms with Gasteiger partial charge in [-0.25, -0.2) is 0 Å². The number of hydrogen-bond donors (Lipinski definition) is 0. The van der Waals surface area contributed by atoms with Crippen molar-refractivity contribution >= 4 is 28.9 Å².